The van der Waals surface area contributed by atoms with Crippen LogP contribution >= 0.6 is 0 Å². The molecule has 0 saturated heterocycles. The predicted molar refractivity (Wildman–Crippen MR) is 64.8 cm³/mol. The number of aromatic nitrogens is 2. The average molecular weight is 300 g/mol. The molecule has 1 aromatic heterocycles. The molecule has 1 aromatic carbocycles. The first kappa shape index (κ1) is 12.9. The van der Waals surface area contributed by atoms with Gasteiger partial charge in [0, 0.05) is 32.7 Å². The first-order valence-electron chi connectivity index (χ1n) is 5.75. The standard InChI is InChI=1S/C14H15N2.Y/c1-10-6-7-12-4-3-5-13-9-11(2)15-16(13)14(12)8-10;/h6-9H,2-5H2,1H3;/q-1;. The minimum atomic E-state index is 0. The van der Waals surface area contributed by atoms with Gasteiger partial charge in [-0.15, -0.1) is 0 Å². The monoisotopic (exact) mass is 300 g/mol. The van der Waals surface area contributed by atoms with E-state index < -0.39 is 0 Å². The summed E-state index contributed by atoms with van der Waals surface area (Å²) in [5.41, 5.74) is 6.07. The maximum Gasteiger partial charge on any atom is 0.0664 e. The average Bonchev–Trinajstić information content (AvgIpc) is 2.54. The third kappa shape index (κ3) is 2.34. The van der Waals surface area contributed by atoms with Gasteiger partial charge in [0.25, 0.3) is 0 Å². The van der Waals surface area contributed by atoms with Crippen molar-refractivity contribution in [2.45, 2.75) is 26.2 Å². The van der Waals surface area contributed by atoms with Crippen LogP contribution in [0.15, 0.2) is 24.3 Å². The van der Waals surface area contributed by atoms with Crippen LogP contribution in [0.2, 0.25) is 0 Å². The van der Waals surface area contributed by atoms with E-state index in [0.717, 1.165) is 18.5 Å². The second kappa shape index (κ2) is 4.95. The third-order valence-electron chi connectivity index (χ3n) is 3.18. The Morgan fingerprint density at radius 1 is 1.24 bits per heavy atom. The smallest absolute Gasteiger partial charge is 0.0664 e. The van der Waals surface area contributed by atoms with E-state index in [9.17, 15) is 0 Å². The summed E-state index contributed by atoms with van der Waals surface area (Å²) < 4.78 is 2.07. The van der Waals surface area contributed by atoms with Crippen molar-refractivity contribution in [3.05, 3.63) is 53.7 Å². The number of rotatable bonds is 0. The van der Waals surface area contributed by atoms with Crippen molar-refractivity contribution < 1.29 is 32.7 Å². The van der Waals surface area contributed by atoms with Gasteiger partial charge in [-0.05, 0) is 49.1 Å². The van der Waals surface area contributed by atoms with Gasteiger partial charge in [0.1, 0.15) is 0 Å². The Balaban J connectivity index is 0.00000108. The Morgan fingerprint density at radius 3 is 2.88 bits per heavy atom. The van der Waals surface area contributed by atoms with E-state index in [4.69, 9.17) is 0 Å². The number of fused-ring (bicyclic) bond motifs is 3. The van der Waals surface area contributed by atoms with E-state index in [1.54, 1.807) is 0 Å². The van der Waals surface area contributed by atoms with Gasteiger partial charge in [0.05, 0.1) is 5.69 Å². The molecule has 1 aliphatic heterocycles. The molecule has 3 rings (SSSR count). The molecule has 0 bridgehead atoms. The van der Waals surface area contributed by atoms with E-state index in [2.05, 4.69) is 47.9 Å². The van der Waals surface area contributed by atoms with E-state index in [0.29, 0.717) is 0 Å². The van der Waals surface area contributed by atoms with Gasteiger partial charge < -0.3 is 0 Å². The van der Waals surface area contributed by atoms with Crippen molar-refractivity contribution in [2.24, 2.45) is 0 Å². The first-order chi connectivity index (χ1) is 7.74. The van der Waals surface area contributed by atoms with Crippen LogP contribution in [0.5, 0.6) is 0 Å². The molecule has 0 fully saturated rings. The molecule has 0 unspecified atom stereocenters. The number of nitrogens with zero attached hydrogens (tertiary/aromatic N) is 2. The molecule has 1 radical (unpaired) electrons. The zero-order valence-corrected chi connectivity index (χ0v) is 12.9. The Morgan fingerprint density at radius 2 is 2.06 bits per heavy atom. The molecule has 0 N–H and O–H groups in total. The van der Waals surface area contributed by atoms with E-state index in [1.807, 2.05) is 0 Å². The van der Waals surface area contributed by atoms with Gasteiger partial charge in [0.15, 0.2) is 0 Å². The summed E-state index contributed by atoms with van der Waals surface area (Å²) in [6, 6.07) is 8.72. The fraction of sp³-hybridized carbons (Fsp3) is 0.286. The maximum absolute atomic E-state index is 4.50. The molecule has 0 saturated carbocycles. The largest absolute Gasteiger partial charge is 0.258 e. The van der Waals surface area contributed by atoms with E-state index in [-0.39, 0.29) is 32.7 Å². The van der Waals surface area contributed by atoms with Gasteiger partial charge in [-0.2, -0.15) is 6.07 Å². The summed E-state index contributed by atoms with van der Waals surface area (Å²) in [5, 5.41) is 4.50. The number of hydrogen-bond donors (Lipinski definition) is 0. The molecule has 0 amide bonds. The Kier molecular flexibility index (Phi) is 3.74. The van der Waals surface area contributed by atoms with Crippen molar-refractivity contribution >= 4 is 0 Å². The molecular formula is C14H15N2Y-. The Bertz CT molecular complexity index is 543. The summed E-state index contributed by atoms with van der Waals surface area (Å²) in [6.45, 7) is 6.04. The molecule has 0 aliphatic carbocycles. The quantitative estimate of drug-likeness (QED) is 0.684. The van der Waals surface area contributed by atoms with Gasteiger partial charge in [0.2, 0.25) is 0 Å². The van der Waals surface area contributed by atoms with Gasteiger partial charge in [-0.1, -0.05) is 17.8 Å². The third-order valence-corrected chi connectivity index (χ3v) is 3.18. The summed E-state index contributed by atoms with van der Waals surface area (Å²) in [5.74, 6) is 0. The predicted octanol–water partition coefficient (Wildman–Crippen LogP) is 2.85. The molecule has 3 heteroatoms. The second-order valence-corrected chi connectivity index (χ2v) is 4.52. The number of aryl methyl sites for hydroxylation is 3. The molecule has 2 aromatic rings. The molecule has 85 valence electrons. The molecule has 0 atom stereocenters. The molecule has 2 heterocycles. The van der Waals surface area contributed by atoms with Crippen molar-refractivity contribution in [1.29, 1.82) is 0 Å². The van der Waals surface area contributed by atoms with Gasteiger partial charge in [-0.25, -0.2) is 12.0 Å². The second-order valence-electron chi connectivity index (χ2n) is 4.52. The van der Waals surface area contributed by atoms with Crippen LogP contribution < -0.4 is 0 Å². The van der Waals surface area contributed by atoms with Crippen LogP contribution in [0.1, 0.15) is 28.9 Å². The van der Waals surface area contributed by atoms with E-state index in [1.165, 1.54) is 28.9 Å². The summed E-state index contributed by atoms with van der Waals surface area (Å²) in [7, 11) is 0. The van der Waals surface area contributed by atoms with Crippen molar-refractivity contribution in [2.75, 3.05) is 0 Å². The Hall–Kier alpha value is -0.596. The normalized spacial score (nSPS) is 13.2. The summed E-state index contributed by atoms with van der Waals surface area (Å²) in [6.07, 6.45) is 3.43. The van der Waals surface area contributed by atoms with Crippen LogP contribution in [-0.2, 0) is 45.6 Å². The van der Waals surface area contributed by atoms with Gasteiger partial charge in [-0.3, -0.25) is 4.68 Å². The number of hydrogen-bond acceptors (Lipinski definition) is 1. The SMILES string of the molecule is [CH2-]c1cc2n(n1)-c1cc(C)ccc1CCC2.[Y]. The van der Waals surface area contributed by atoms with Crippen molar-refractivity contribution in [1.82, 2.24) is 9.78 Å². The summed E-state index contributed by atoms with van der Waals surface area (Å²) >= 11 is 0. The van der Waals surface area contributed by atoms with Crippen LogP contribution in [0.25, 0.3) is 5.69 Å². The van der Waals surface area contributed by atoms with Crippen molar-refractivity contribution in [3.8, 4) is 5.69 Å². The molecule has 0 spiro atoms. The van der Waals surface area contributed by atoms with Crippen LogP contribution in [-0.4, -0.2) is 9.78 Å². The van der Waals surface area contributed by atoms with Crippen LogP contribution in [0.3, 0.4) is 0 Å². The topological polar surface area (TPSA) is 17.8 Å². The van der Waals surface area contributed by atoms with E-state index >= 15 is 0 Å². The zero-order chi connectivity index (χ0) is 11.1. The minimum absolute atomic E-state index is 0. The molecule has 1 aliphatic rings. The minimum Gasteiger partial charge on any atom is -0.258 e. The van der Waals surface area contributed by atoms with Crippen LogP contribution in [0, 0.1) is 13.8 Å². The zero-order valence-electron chi connectivity index (χ0n) is 10.1. The molecular weight excluding hydrogens is 285 g/mol. The van der Waals surface area contributed by atoms with Gasteiger partial charge >= 0.3 is 0 Å². The number of benzene rings is 1. The fourth-order valence-corrected chi connectivity index (χ4v) is 2.40. The van der Waals surface area contributed by atoms with Crippen LogP contribution in [0.4, 0.5) is 0 Å². The molecule has 2 nitrogen and oxygen atoms in total. The molecule has 17 heavy (non-hydrogen) atoms. The van der Waals surface area contributed by atoms with Crippen molar-refractivity contribution in [3.63, 3.8) is 0 Å². The fourth-order valence-electron chi connectivity index (χ4n) is 2.40. The maximum atomic E-state index is 4.50. The Labute approximate surface area is 127 Å². The summed E-state index contributed by atoms with van der Waals surface area (Å²) in [4.78, 5) is 0. The first-order valence-corrected chi connectivity index (χ1v) is 5.75.